The Kier molecular flexibility index (Phi) is 5.99. The SMILES string of the molecule is CCCOCC(=O)C(C)C(C)C. The molecule has 0 bridgehead atoms. The van der Waals surface area contributed by atoms with Crippen molar-refractivity contribution in [2.24, 2.45) is 11.8 Å². The van der Waals surface area contributed by atoms with Crippen molar-refractivity contribution < 1.29 is 9.53 Å². The first-order valence-electron chi connectivity index (χ1n) is 4.70. The van der Waals surface area contributed by atoms with Crippen LogP contribution in [-0.4, -0.2) is 19.0 Å². The molecule has 0 saturated carbocycles. The van der Waals surface area contributed by atoms with Crippen molar-refractivity contribution in [1.82, 2.24) is 0 Å². The molecule has 0 spiro atoms. The third-order valence-corrected chi connectivity index (χ3v) is 2.10. The average molecular weight is 172 g/mol. The molecule has 1 atom stereocenters. The van der Waals surface area contributed by atoms with Gasteiger partial charge in [0.1, 0.15) is 6.61 Å². The molecule has 0 aromatic heterocycles. The summed E-state index contributed by atoms with van der Waals surface area (Å²) >= 11 is 0. The Labute approximate surface area is 75.3 Å². The monoisotopic (exact) mass is 172 g/mol. The van der Waals surface area contributed by atoms with Gasteiger partial charge in [0.15, 0.2) is 5.78 Å². The van der Waals surface area contributed by atoms with E-state index >= 15 is 0 Å². The van der Waals surface area contributed by atoms with Gasteiger partial charge in [-0.1, -0.05) is 27.7 Å². The Morgan fingerprint density at radius 3 is 2.33 bits per heavy atom. The minimum atomic E-state index is 0.127. The van der Waals surface area contributed by atoms with Crippen LogP contribution >= 0.6 is 0 Å². The van der Waals surface area contributed by atoms with Gasteiger partial charge in [-0.3, -0.25) is 4.79 Å². The van der Waals surface area contributed by atoms with Crippen LogP contribution in [0.2, 0.25) is 0 Å². The zero-order chi connectivity index (χ0) is 9.56. The van der Waals surface area contributed by atoms with Crippen LogP contribution in [0.3, 0.4) is 0 Å². The third-order valence-electron chi connectivity index (χ3n) is 2.10. The van der Waals surface area contributed by atoms with E-state index in [2.05, 4.69) is 13.8 Å². The van der Waals surface area contributed by atoms with Crippen molar-refractivity contribution in [2.75, 3.05) is 13.2 Å². The van der Waals surface area contributed by atoms with E-state index in [1.54, 1.807) is 0 Å². The topological polar surface area (TPSA) is 26.3 Å². The molecular weight excluding hydrogens is 152 g/mol. The molecule has 2 nitrogen and oxygen atoms in total. The van der Waals surface area contributed by atoms with Crippen LogP contribution in [0.25, 0.3) is 0 Å². The van der Waals surface area contributed by atoms with Gasteiger partial charge in [-0.05, 0) is 12.3 Å². The van der Waals surface area contributed by atoms with Crippen molar-refractivity contribution in [3.05, 3.63) is 0 Å². The van der Waals surface area contributed by atoms with Crippen LogP contribution in [-0.2, 0) is 9.53 Å². The van der Waals surface area contributed by atoms with E-state index in [0.29, 0.717) is 12.5 Å². The Hall–Kier alpha value is -0.370. The van der Waals surface area contributed by atoms with Crippen LogP contribution in [0.1, 0.15) is 34.1 Å². The maximum Gasteiger partial charge on any atom is 0.161 e. The fourth-order valence-corrected chi connectivity index (χ4v) is 0.820. The molecule has 0 radical (unpaired) electrons. The highest BCUT2D eigenvalue weighted by Gasteiger charge is 2.15. The summed E-state index contributed by atoms with van der Waals surface area (Å²) in [6.45, 7) is 9.09. The predicted octanol–water partition coefficient (Wildman–Crippen LogP) is 2.27. The molecular formula is C10H20O2. The fourth-order valence-electron chi connectivity index (χ4n) is 0.820. The van der Waals surface area contributed by atoms with Gasteiger partial charge in [-0.2, -0.15) is 0 Å². The Morgan fingerprint density at radius 2 is 1.92 bits per heavy atom. The molecule has 0 N–H and O–H groups in total. The highest BCUT2D eigenvalue weighted by Crippen LogP contribution is 2.10. The van der Waals surface area contributed by atoms with Crippen LogP contribution in [0, 0.1) is 11.8 Å². The number of hydrogen-bond acceptors (Lipinski definition) is 2. The summed E-state index contributed by atoms with van der Waals surface area (Å²) in [6, 6.07) is 0. The molecule has 0 saturated heterocycles. The zero-order valence-corrected chi connectivity index (χ0v) is 8.59. The maximum atomic E-state index is 11.3. The van der Waals surface area contributed by atoms with E-state index < -0.39 is 0 Å². The van der Waals surface area contributed by atoms with E-state index in [9.17, 15) is 4.79 Å². The summed E-state index contributed by atoms with van der Waals surface area (Å²) in [5, 5.41) is 0. The van der Waals surface area contributed by atoms with E-state index in [1.807, 2.05) is 13.8 Å². The Balaban J connectivity index is 3.57. The first kappa shape index (κ1) is 11.6. The summed E-state index contributed by atoms with van der Waals surface area (Å²) in [5.74, 6) is 0.767. The number of rotatable bonds is 6. The molecule has 0 aliphatic carbocycles. The van der Waals surface area contributed by atoms with Crippen molar-refractivity contribution in [3.8, 4) is 0 Å². The summed E-state index contributed by atoms with van der Waals surface area (Å²) in [5.41, 5.74) is 0. The number of ether oxygens (including phenoxy) is 1. The molecule has 0 rings (SSSR count). The van der Waals surface area contributed by atoms with E-state index in [4.69, 9.17) is 4.74 Å². The van der Waals surface area contributed by atoms with E-state index in [0.717, 1.165) is 6.42 Å². The molecule has 72 valence electrons. The first-order chi connectivity index (χ1) is 5.59. The largest absolute Gasteiger partial charge is 0.374 e. The summed E-state index contributed by atoms with van der Waals surface area (Å²) in [7, 11) is 0. The summed E-state index contributed by atoms with van der Waals surface area (Å²) in [6.07, 6.45) is 0.976. The molecule has 0 aliphatic rings. The predicted molar refractivity (Wildman–Crippen MR) is 50.1 cm³/mol. The highest BCUT2D eigenvalue weighted by molar-refractivity contribution is 5.82. The normalized spacial score (nSPS) is 13.4. The summed E-state index contributed by atoms with van der Waals surface area (Å²) < 4.78 is 5.17. The second-order valence-electron chi connectivity index (χ2n) is 3.55. The van der Waals surface area contributed by atoms with Crippen LogP contribution in [0.5, 0.6) is 0 Å². The fraction of sp³-hybridized carbons (Fsp3) is 0.900. The second-order valence-corrected chi connectivity index (χ2v) is 3.55. The Bertz CT molecular complexity index is 130. The number of hydrogen-bond donors (Lipinski definition) is 0. The molecule has 0 aromatic carbocycles. The van der Waals surface area contributed by atoms with Gasteiger partial charge in [0.2, 0.25) is 0 Å². The molecule has 2 heteroatoms. The van der Waals surface area contributed by atoms with Crippen LogP contribution in [0.4, 0.5) is 0 Å². The van der Waals surface area contributed by atoms with Crippen molar-refractivity contribution in [2.45, 2.75) is 34.1 Å². The van der Waals surface area contributed by atoms with Crippen molar-refractivity contribution in [3.63, 3.8) is 0 Å². The standard InChI is InChI=1S/C10H20O2/c1-5-6-12-7-10(11)9(4)8(2)3/h8-9H,5-7H2,1-4H3. The lowest BCUT2D eigenvalue weighted by atomic mass is 9.94. The minimum absolute atomic E-state index is 0.127. The number of carbonyl (C=O) groups excluding carboxylic acids is 1. The third kappa shape index (κ3) is 4.50. The molecule has 0 fully saturated rings. The van der Waals surface area contributed by atoms with Crippen LogP contribution < -0.4 is 0 Å². The van der Waals surface area contributed by atoms with Gasteiger partial charge < -0.3 is 4.74 Å². The maximum absolute atomic E-state index is 11.3. The molecule has 0 amide bonds. The molecule has 0 aliphatic heterocycles. The Morgan fingerprint density at radius 1 is 1.33 bits per heavy atom. The average Bonchev–Trinajstić information content (AvgIpc) is 2.03. The van der Waals surface area contributed by atoms with Gasteiger partial charge >= 0.3 is 0 Å². The zero-order valence-electron chi connectivity index (χ0n) is 8.59. The quantitative estimate of drug-likeness (QED) is 0.574. The lowest BCUT2D eigenvalue weighted by Gasteiger charge is -2.13. The summed E-state index contributed by atoms with van der Waals surface area (Å²) in [4.78, 5) is 11.3. The van der Waals surface area contributed by atoms with Gasteiger partial charge in [0, 0.05) is 12.5 Å². The van der Waals surface area contributed by atoms with Gasteiger partial charge in [0.25, 0.3) is 0 Å². The van der Waals surface area contributed by atoms with Crippen molar-refractivity contribution >= 4 is 5.78 Å². The number of ketones is 1. The molecule has 0 aromatic rings. The van der Waals surface area contributed by atoms with Crippen molar-refractivity contribution in [1.29, 1.82) is 0 Å². The van der Waals surface area contributed by atoms with Crippen LogP contribution in [0.15, 0.2) is 0 Å². The van der Waals surface area contributed by atoms with Gasteiger partial charge in [-0.25, -0.2) is 0 Å². The second kappa shape index (κ2) is 6.18. The minimum Gasteiger partial charge on any atom is -0.374 e. The lowest BCUT2D eigenvalue weighted by molar-refractivity contribution is -0.128. The lowest BCUT2D eigenvalue weighted by Crippen LogP contribution is -2.21. The van der Waals surface area contributed by atoms with E-state index in [-0.39, 0.29) is 18.3 Å². The highest BCUT2D eigenvalue weighted by atomic mass is 16.5. The molecule has 12 heavy (non-hydrogen) atoms. The number of Topliss-reactive ketones (excluding diaryl/α,β-unsaturated/α-hetero) is 1. The molecule has 0 heterocycles. The van der Waals surface area contributed by atoms with E-state index in [1.165, 1.54) is 0 Å². The first-order valence-corrected chi connectivity index (χ1v) is 4.70. The molecule has 1 unspecified atom stereocenters. The van der Waals surface area contributed by atoms with Gasteiger partial charge in [-0.15, -0.1) is 0 Å². The number of carbonyl (C=O) groups is 1. The smallest absolute Gasteiger partial charge is 0.161 e. The van der Waals surface area contributed by atoms with Gasteiger partial charge in [0.05, 0.1) is 0 Å².